The Bertz CT molecular complexity index is 817. The molecule has 0 aromatic heterocycles. The lowest BCUT2D eigenvalue weighted by Crippen LogP contribution is -2.41. The van der Waals surface area contributed by atoms with Gasteiger partial charge in [0.1, 0.15) is 11.8 Å². The molecule has 0 saturated heterocycles. The van der Waals surface area contributed by atoms with Gasteiger partial charge in [0.2, 0.25) is 11.8 Å². The number of ether oxygens (including phenoxy) is 1. The van der Waals surface area contributed by atoms with Crippen molar-refractivity contribution >= 4 is 34.8 Å². The molecule has 1 atom stereocenters. The summed E-state index contributed by atoms with van der Waals surface area (Å²) in [6, 6.07) is 13.1. The monoisotopic (exact) mass is 339 g/mol. The molecule has 0 unspecified atom stereocenters. The summed E-state index contributed by atoms with van der Waals surface area (Å²) < 4.78 is 4.93. The van der Waals surface area contributed by atoms with Gasteiger partial charge in [-0.05, 0) is 36.4 Å². The fraction of sp³-hybridized carbons (Fsp3) is 0.167. The highest BCUT2D eigenvalue weighted by molar-refractivity contribution is 6.06. The van der Waals surface area contributed by atoms with Crippen LogP contribution in [0.15, 0.2) is 48.5 Å². The molecule has 2 amide bonds. The first-order chi connectivity index (χ1) is 12.0. The second-order valence-electron chi connectivity index (χ2n) is 5.60. The Labute approximate surface area is 144 Å². The van der Waals surface area contributed by atoms with Gasteiger partial charge in [-0.25, -0.2) is 0 Å². The zero-order valence-electron chi connectivity index (χ0n) is 13.5. The molecule has 2 aromatic rings. The lowest BCUT2D eigenvalue weighted by molar-refractivity contribution is -0.131. The molecule has 25 heavy (non-hydrogen) atoms. The Kier molecular flexibility index (Phi) is 4.65. The maximum Gasteiger partial charge on any atom is 0.308 e. The topological polar surface area (TPSA) is 96.5 Å². The van der Waals surface area contributed by atoms with Gasteiger partial charge >= 0.3 is 5.97 Å². The molecule has 3 N–H and O–H groups in total. The molecular weight excluding hydrogens is 322 g/mol. The summed E-state index contributed by atoms with van der Waals surface area (Å²) in [5.74, 6) is -0.562. The zero-order chi connectivity index (χ0) is 17.8. The van der Waals surface area contributed by atoms with Gasteiger partial charge in [0.25, 0.3) is 0 Å². The molecule has 1 heterocycles. The van der Waals surface area contributed by atoms with Gasteiger partial charge in [-0.15, -0.1) is 0 Å². The normalized spacial score (nSPS) is 15.4. The number of carbonyl (C=O) groups is 3. The van der Waals surface area contributed by atoms with Crippen molar-refractivity contribution in [3.05, 3.63) is 48.5 Å². The van der Waals surface area contributed by atoms with Gasteiger partial charge in [-0.1, -0.05) is 12.1 Å². The summed E-state index contributed by atoms with van der Waals surface area (Å²) in [6.07, 6.45) is -0.00807. The average molecular weight is 339 g/mol. The molecule has 1 aliphatic rings. The van der Waals surface area contributed by atoms with E-state index in [9.17, 15) is 14.4 Å². The third-order valence-electron chi connectivity index (χ3n) is 3.62. The molecule has 0 bridgehead atoms. The number of rotatable bonds is 4. The van der Waals surface area contributed by atoms with Crippen LogP contribution < -0.4 is 20.7 Å². The summed E-state index contributed by atoms with van der Waals surface area (Å²) in [4.78, 5) is 35.2. The highest BCUT2D eigenvalue weighted by Gasteiger charge is 2.27. The van der Waals surface area contributed by atoms with Crippen LogP contribution in [0.4, 0.5) is 17.1 Å². The first-order valence-electron chi connectivity index (χ1n) is 7.76. The minimum atomic E-state index is -0.643. The Morgan fingerprint density at radius 3 is 2.44 bits per heavy atom. The standard InChI is InChI=1S/C18H17N3O4/c1-11(22)25-13-8-6-12(7-9-13)19-17(23)10-16-18(24)21-15-5-3-2-4-14(15)20-16/h2-9,16,20H,10H2,1H3,(H,19,23)(H,21,24)/t16-/m1/s1. The maximum absolute atomic E-state index is 12.2. The van der Waals surface area contributed by atoms with Crippen molar-refractivity contribution in [2.75, 3.05) is 16.0 Å². The molecule has 0 radical (unpaired) electrons. The minimum Gasteiger partial charge on any atom is -0.427 e. The number of carbonyl (C=O) groups excluding carboxylic acids is 3. The van der Waals surface area contributed by atoms with Crippen LogP contribution in [-0.2, 0) is 14.4 Å². The summed E-state index contributed by atoms with van der Waals surface area (Å²) in [5.41, 5.74) is 2.04. The van der Waals surface area contributed by atoms with Crippen LogP contribution in [0.5, 0.6) is 5.75 Å². The van der Waals surface area contributed by atoms with Crippen molar-refractivity contribution in [2.45, 2.75) is 19.4 Å². The number of para-hydroxylation sites is 2. The number of hydrogen-bond donors (Lipinski definition) is 3. The molecule has 7 heteroatoms. The van der Waals surface area contributed by atoms with Crippen molar-refractivity contribution < 1.29 is 19.1 Å². The molecule has 7 nitrogen and oxygen atoms in total. The fourth-order valence-electron chi connectivity index (χ4n) is 2.50. The predicted molar refractivity (Wildman–Crippen MR) is 93.5 cm³/mol. The van der Waals surface area contributed by atoms with Gasteiger partial charge in [0.05, 0.1) is 17.8 Å². The molecule has 128 valence electrons. The number of fused-ring (bicyclic) bond motifs is 1. The van der Waals surface area contributed by atoms with Gasteiger partial charge in [-0.2, -0.15) is 0 Å². The molecule has 0 fully saturated rings. The van der Waals surface area contributed by atoms with Crippen LogP contribution in [-0.4, -0.2) is 23.8 Å². The molecule has 0 spiro atoms. The Morgan fingerprint density at radius 2 is 1.76 bits per heavy atom. The second kappa shape index (κ2) is 7.04. The SMILES string of the molecule is CC(=O)Oc1ccc(NC(=O)C[C@H]2Nc3ccccc3NC2=O)cc1. The van der Waals surface area contributed by atoms with E-state index in [2.05, 4.69) is 16.0 Å². The Hall–Kier alpha value is -3.35. The second-order valence-corrected chi connectivity index (χ2v) is 5.60. The molecule has 2 aromatic carbocycles. The first kappa shape index (κ1) is 16.5. The summed E-state index contributed by atoms with van der Waals surface area (Å²) in [6.45, 7) is 1.32. The molecule has 0 saturated carbocycles. The van der Waals surface area contributed by atoms with Crippen LogP contribution in [0.25, 0.3) is 0 Å². The molecule has 1 aliphatic heterocycles. The van der Waals surface area contributed by atoms with Gasteiger partial charge in [0.15, 0.2) is 0 Å². The van der Waals surface area contributed by atoms with Crippen LogP contribution in [0.2, 0.25) is 0 Å². The third-order valence-corrected chi connectivity index (χ3v) is 3.62. The van der Waals surface area contributed by atoms with Crippen molar-refractivity contribution in [3.8, 4) is 5.75 Å². The van der Waals surface area contributed by atoms with Gasteiger partial charge in [-0.3, -0.25) is 14.4 Å². The fourth-order valence-corrected chi connectivity index (χ4v) is 2.50. The minimum absolute atomic E-state index is 0.00807. The third kappa shape index (κ3) is 4.14. The van der Waals surface area contributed by atoms with E-state index in [0.717, 1.165) is 5.69 Å². The van der Waals surface area contributed by atoms with E-state index in [-0.39, 0.29) is 18.2 Å². The van der Waals surface area contributed by atoms with Gasteiger partial charge in [0, 0.05) is 12.6 Å². The quantitative estimate of drug-likeness (QED) is 0.587. The van der Waals surface area contributed by atoms with E-state index < -0.39 is 12.0 Å². The van der Waals surface area contributed by atoms with E-state index in [4.69, 9.17) is 4.74 Å². The van der Waals surface area contributed by atoms with Crippen molar-refractivity contribution in [1.82, 2.24) is 0 Å². The first-order valence-corrected chi connectivity index (χ1v) is 7.76. The number of amides is 2. The molecule has 0 aliphatic carbocycles. The van der Waals surface area contributed by atoms with E-state index in [1.165, 1.54) is 6.92 Å². The smallest absolute Gasteiger partial charge is 0.308 e. The molecule has 3 rings (SSSR count). The largest absolute Gasteiger partial charge is 0.427 e. The number of benzene rings is 2. The summed E-state index contributed by atoms with van der Waals surface area (Å²) in [7, 11) is 0. The molecular formula is C18H17N3O4. The van der Waals surface area contributed by atoms with E-state index >= 15 is 0 Å². The van der Waals surface area contributed by atoms with Crippen molar-refractivity contribution in [3.63, 3.8) is 0 Å². The lowest BCUT2D eigenvalue weighted by Gasteiger charge is -2.26. The highest BCUT2D eigenvalue weighted by atomic mass is 16.5. The predicted octanol–water partition coefficient (Wildman–Crippen LogP) is 2.37. The van der Waals surface area contributed by atoms with E-state index in [1.807, 2.05) is 18.2 Å². The number of anilines is 3. The van der Waals surface area contributed by atoms with Crippen molar-refractivity contribution in [2.24, 2.45) is 0 Å². The van der Waals surface area contributed by atoms with Crippen LogP contribution >= 0.6 is 0 Å². The van der Waals surface area contributed by atoms with Crippen LogP contribution in [0.1, 0.15) is 13.3 Å². The highest BCUT2D eigenvalue weighted by Crippen LogP contribution is 2.26. The Morgan fingerprint density at radius 1 is 1.08 bits per heavy atom. The average Bonchev–Trinajstić information content (AvgIpc) is 2.57. The number of esters is 1. The maximum atomic E-state index is 12.2. The van der Waals surface area contributed by atoms with Crippen LogP contribution in [0.3, 0.4) is 0 Å². The summed E-state index contributed by atoms with van der Waals surface area (Å²) >= 11 is 0. The number of hydrogen-bond acceptors (Lipinski definition) is 5. The van der Waals surface area contributed by atoms with E-state index in [1.54, 1.807) is 30.3 Å². The van der Waals surface area contributed by atoms with Gasteiger partial charge < -0.3 is 20.7 Å². The summed E-state index contributed by atoms with van der Waals surface area (Å²) in [5, 5.41) is 8.55. The van der Waals surface area contributed by atoms with E-state index in [0.29, 0.717) is 17.1 Å². The van der Waals surface area contributed by atoms with Crippen LogP contribution in [0, 0.1) is 0 Å². The zero-order valence-corrected chi connectivity index (χ0v) is 13.5. The van der Waals surface area contributed by atoms with Crippen molar-refractivity contribution in [1.29, 1.82) is 0 Å². The number of nitrogens with one attached hydrogen (secondary N) is 3. The Balaban J connectivity index is 1.59. The lowest BCUT2D eigenvalue weighted by atomic mass is 10.1.